The van der Waals surface area contributed by atoms with Crippen LogP contribution in [-0.4, -0.2) is 29.1 Å². The van der Waals surface area contributed by atoms with Crippen molar-refractivity contribution < 1.29 is 14.3 Å². The molecule has 0 saturated carbocycles. The molecule has 0 aliphatic carbocycles. The first-order valence-corrected chi connectivity index (χ1v) is 8.06. The molecule has 1 aromatic heterocycles. The maximum Gasteiger partial charge on any atom is 0.255 e. The van der Waals surface area contributed by atoms with Crippen LogP contribution in [0.5, 0.6) is 0 Å². The molecule has 0 spiro atoms. The van der Waals surface area contributed by atoms with Crippen LogP contribution in [0.4, 0.5) is 5.69 Å². The monoisotopic (exact) mass is 341 g/mol. The summed E-state index contributed by atoms with van der Waals surface area (Å²) in [6.45, 7) is 0.428. The SMILES string of the molecule is NC(=O)C1OCCCC1C(=O)Nc1ccc(-n2ccccc2=O)cc1. The zero-order chi connectivity index (χ0) is 17.8. The van der Waals surface area contributed by atoms with Crippen molar-refractivity contribution >= 4 is 17.5 Å². The van der Waals surface area contributed by atoms with E-state index in [2.05, 4.69) is 5.32 Å². The molecule has 1 fully saturated rings. The molecule has 25 heavy (non-hydrogen) atoms. The molecule has 1 aromatic carbocycles. The van der Waals surface area contributed by atoms with Crippen LogP contribution in [0.3, 0.4) is 0 Å². The third kappa shape index (κ3) is 3.77. The molecule has 7 nitrogen and oxygen atoms in total. The normalized spacial score (nSPS) is 20.0. The summed E-state index contributed by atoms with van der Waals surface area (Å²) in [6.07, 6.45) is 2.04. The highest BCUT2D eigenvalue weighted by Crippen LogP contribution is 2.23. The molecule has 2 unspecified atom stereocenters. The van der Waals surface area contributed by atoms with E-state index in [0.717, 1.165) is 0 Å². The molecule has 130 valence electrons. The number of nitrogens with zero attached hydrogens (tertiary/aromatic N) is 1. The van der Waals surface area contributed by atoms with Crippen LogP contribution in [0.15, 0.2) is 53.5 Å². The van der Waals surface area contributed by atoms with Crippen molar-refractivity contribution in [2.45, 2.75) is 18.9 Å². The van der Waals surface area contributed by atoms with Gasteiger partial charge in [0, 0.05) is 30.2 Å². The number of carbonyl (C=O) groups is 2. The van der Waals surface area contributed by atoms with Gasteiger partial charge in [-0.05, 0) is 43.2 Å². The van der Waals surface area contributed by atoms with Gasteiger partial charge in [-0.15, -0.1) is 0 Å². The summed E-state index contributed by atoms with van der Waals surface area (Å²) in [5.74, 6) is -1.52. The maximum absolute atomic E-state index is 12.4. The minimum absolute atomic E-state index is 0.136. The van der Waals surface area contributed by atoms with Gasteiger partial charge in [0.1, 0.15) is 6.10 Å². The molecule has 2 aromatic rings. The van der Waals surface area contributed by atoms with Crippen LogP contribution in [0, 0.1) is 5.92 Å². The Bertz CT molecular complexity index is 829. The van der Waals surface area contributed by atoms with Gasteiger partial charge < -0.3 is 15.8 Å². The molecule has 2 atom stereocenters. The number of hydrogen-bond donors (Lipinski definition) is 2. The highest BCUT2D eigenvalue weighted by atomic mass is 16.5. The van der Waals surface area contributed by atoms with Crippen molar-refractivity contribution in [3.63, 3.8) is 0 Å². The Morgan fingerprint density at radius 2 is 1.92 bits per heavy atom. The number of primary amides is 1. The van der Waals surface area contributed by atoms with Crippen LogP contribution in [0.25, 0.3) is 5.69 Å². The second-order valence-electron chi connectivity index (χ2n) is 5.89. The van der Waals surface area contributed by atoms with Crippen LogP contribution in [0.1, 0.15) is 12.8 Å². The van der Waals surface area contributed by atoms with Crippen LogP contribution < -0.4 is 16.6 Å². The lowest BCUT2D eigenvalue weighted by Gasteiger charge is -2.28. The van der Waals surface area contributed by atoms with E-state index < -0.39 is 17.9 Å². The van der Waals surface area contributed by atoms with Crippen LogP contribution in [-0.2, 0) is 14.3 Å². The molecule has 0 radical (unpaired) electrons. The summed E-state index contributed by atoms with van der Waals surface area (Å²) in [5.41, 5.74) is 6.44. The number of hydrogen-bond acceptors (Lipinski definition) is 4. The van der Waals surface area contributed by atoms with Gasteiger partial charge in [-0.3, -0.25) is 19.0 Å². The number of pyridine rings is 1. The molecule has 2 amide bonds. The van der Waals surface area contributed by atoms with Gasteiger partial charge in [-0.25, -0.2) is 0 Å². The smallest absolute Gasteiger partial charge is 0.255 e. The minimum atomic E-state index is -0.893. The van der Waals surface area contributed by atoms with Gasteiger partial charge in [0.25, 0.3) is 5.56 Å². The number of aromatic nitrogens is 1. The zero-order valence-electron chi connectivity index (χ0n) is 13.6. The molecule has 0 bridgehead atoms. The number of anilines is 1. The summed E-state index contributed by atoms with van der Waals surface area (Å²) in [6, 6.07) is 11.8. The largest absolute Gasteiger partial charge is 0.368 e. The predicted octanol–water partition coefficient (Wildman–Crippen LogP) is 1.06. The number of nitrogens with one attached hydrogen (secondary N) is 1. The van der Waals surface area contributed by atoms with E-state index in [1.54, 1.807) is 42.6 Å². The second kappa shape index (κ2) is 7.31. The number of rotatable bonds is 4. The molecule has 7 heteroatoms. The van der Waals surface area contributed by atoms with Crippen molar-refractivity contribution in [2.24, 2.45) is 11.7 Å². The van der Waals surface area contributed by atoms with Crippen molar-refractivity contribution in [3.8, 4) is 5.69 Å². The third-order valence-corrected chi connectivity index (χ3v) is 4.18. The predicted molar refractivity (Wildman–Crippen MR) is 92.3 cm³/mol. The first-order chi connectivity index (χ1) is 12.1. The van der Waals surface area contributed by atoms with E-state index in [1.165, 1.54) is 10.6 Å². The molecule has 2 heterocycles. The Morgan fingerprint density at radius 1 is 1.16 bits per heavy atom. The number of ether oxygens (including phenoxy) is 1. The number of nitrogens with two attached hydrogens (primary N) is 1. The fraction of sp³-hybridized carbons (Fsp3) is 0.278. The van der Waals surface area contributed by atoms with Crippen molar-refractivity contribution in [3.05, 3.63) is 59.0 Å². The highest BCUT2D eigenvalue weighted by Gasteiger charge is 2.35. The summed E-state index contributed by atoms with van der Waals surface area (Å²) in [5, 5.41) is 2.78. The van der Waals surface area contributed by atoms with Gasteiger partial charge in [-0.1, -0.05) is 6.07 Å². The minimum Gasteiger partial charge on any atom is -0.368 e. The molecular formula is C18H19N3O4. The Labute approximate surface area is 144 Å². The third-order valence-electron chi connectivity index (χ3n) is 4.18. The topological polar surface area (TPSA) is 103 Å². The van der Waals surface area contributed by atoms with Gasteiger partial charge in [0.05, 0.1) is 5.92 Å². The lowest BCUT2D eigenvalue weighted by Crippen LogP contribution is -2.45. The fourth-order valence-electron chi connectivity index (χ4n) is 2.91. The van der Waals surface area contributed by atoms with E-state index in [-0.39, 0.29) is 11.5 Å². The lowest BCUT2D eigenvalue weighted by molar-refractivity contribution is -0.144. The van der Waals surface area contributed by atoms with Crippen molar-refractivity contribution in [1.29, 1.82) is 0 Å². The zero-order valence-corrected chi connectivity index (χ0v) is 13.6. The number of benzene rings is 1. The van der Waals surface area contributed by atoms with Gasteiger partial charge in [-0.2, -0.15) is 0 Å². The average Bonchev–Trinajstić information content (AvgIpc) is 2.63. The van der Waals surface area contributed by atoms with Crippen LogP contribution in [0.2, 0.25) is 0 Å². The van der Waals surface area contributed by atoms with Crippen LogP contribution >= 0.6 is 0 Å². The van der Waals surface area contributed by atoms with Gasteiger partial charge in [0.15, 0.2) is 0 Å². The molecule has 1 aliphatic heterocycles. The Morgan fingerprint density at radius 3 is 2.60 bits per heavy atom. The molecule has 3 rings (SSSR count). The summed E-state index contributed by atoms with van der Waals surface area (Å²) in [7, 11) is 0. The van der Waals surface area contributed by atoms with E-state index in [4.69, 9.17) is 10.5 Å². The lowest BCUT2D eigenvalue weighted by atomic mass is 9.93. The summed E-state index contributed by atoms with van der Waals surface area (Å²) >= 11 is 0. The Hall–Kier alpha value is -2.93. The van der Waals surface area contributed by atoms with E-state index >= 15 is 0 Å². The average molecular weight is 341 g/mol. The van der Waals surface area contributed by atoms with E-state index in [1.807, 2.05) is 0 Å². The first-order valence-electron chi connectivity index (χ1n) is 8.06. The summed E-state index contributed by atoms with van der Waals surface area (Å²) < 4.78 is 6.83. The number of carbonyl (C=O) groups excluding carboxylic acids is 2. The molecule has 3 N–H and O–H groups in total. The number of amides is 2. The van der Waals surface area contributed by atoms with Gasteiger partial charge >= 0.3 is 0 Å². The van der Waals surface area contributed by atoms with E-state index in [0.29, 0.717) is 30.8 Å². The highest BCUT2D eigenvalue weighted by molar-refractivity contribution is 5.96. The maximum atomic E-state index is 12.4. The van der Waals surface area contributed by atoms with Crippen molar-refractivity contribution in [1.82, 2.24) is 4.57 Å². The fourth-order valence-corrected chi connectivity index (χ4v) is 2.91. The summed E-state index contributed by atoms with van der Waals surface area (Å²) in [4.78, 5) is 35.7. The second-order valence-corrected chi connectivity index (χ2v) is 5.89. The molecule has 1 aliphatic rings. The van der Waals surface area contributed by atoms with Gasteiger partial charge in [0.2, 0.25) is 11.8 Å². The first kappa shape index (κ1) is 16.9. The quantitative estimate of drug-likeness (QED) is 0.867. The molecule has 1 saturated heterocycles. The Balaban J connectivity index is 1.73. The van der Waals surface area contributed by atoms with E-state index in [9.17, 15) is 14.4 Å². The Kier molecular flexibility index (Phi) is 4.95. The van der Waals surface area contributed by atoms with Crippen molar-refractivity contribution in [2.75, 3.05) is 11.9 Å². The standard InChI is InChI=1S/C18H19N3O4/c19-17(23)16-14(4-3-11-25-16)18(24)20-12-6-8-13(9-7-12)21-10-2-1-5-15(21)22/h1-2,5-10,14,16H,3-4,11H2,(H2,19,23)(H,20,24). The molecular weight excluding hydrogens is 322 g/mol.